The molecule has 6 aromatic rings. The van der Waals surface area contributed by atoms with Crippen LogP contribution in [-0.2, 0) is 25.7 Å². The fourth-order valence-electron chi connectivity index (χ4n) is 7.19. The van der Waals surface area contributed by atoms with Gasteiger partial charge in [0, 0.05) is 22.3 Å². The zero-order valence-electron chi connectivity index (χ0n) is 29.8. The molecule has 0 amide bonds. The largest absolute Gasteiger partial charge is 0.378 e. The first-order chi connectivity index (χ1) is 25.5. The lowest BCUT2D eigenvalue weighted by Crippen LogP contribution is -2.31. The van der Waals surface area contributed by atoms with Gasteiger partial charge in [0.25, 0.3) is 0 Å². The van der Waals surface area contributed by atoms with Crippen LogP contribution in [0.25, 0.3) is 23.3 Å². The van der Waals surface area contributed by atoms with Crippen LogP contribution in [0.2, 0.25) is 0 Å². The van der Waals surface area contributed by atoms with Crippen LogP contribution in [0.4, 0.5) is 0 Å². The summed E-state index contributed by atoms with van der Waals surface area (Å²) in [4.78, 5) is 0.0165. The molecule has 0 bridgehead atoms. The molecule has 0 fully saturated rings. The third-order valence-corrected chi connectivity index (χ3v) is 12.0. The van der Waals surface area contributed by atoms with E-state index in [1.54, 1.807) is 48.6 Å². The highest BCUT2D eigenvalue weighted by atomic mass is 32.2. The van der Waals surface area contributed by atoms with E-state index in [1.165, 1.54) is 24.3 Å². The molecular formula is C45H38O6S2. The van der Waals surface area contributed by atoms with Gasteiger partial charge in [0.1, 0.15) is 9.79 Å². The van der Waals surface area contributed by atoms with Gasteiger partial charge in [0.05, 0.1) is 5.41 Å². The van der Waals surface area contributed by atoms with Gasteiger partial charge in [-0.05, 0) is 74.2 Å². The molecule has 0 saturated heterocycles. The second-order valence-electron chi connectivity index (χ2n) is 13.0. The summed E-state index contributed by atoms with van der Waals surface area (Å²) in [5, 5.41) is 0. The minimum absolute atomic E-state index is 0.00824. The first-order valence-electron chi connectivity index (χ1n) is 17.3. The van der Waals surface area contributed by atoms with Crippen molar-refractivity contribution < 1.29 is 25.2 Å². The van der Waals surface area contributed by atoms with Crippen molar-refractivity contribution in [3.63, 3.8) is 0 Å². The van der Waals surface area contributed by atoms with E-state index in [4.69, 9.17) is 8.37 Å². The van der Waals surface area contributed by atoms with Gasteiger partial charge in [-0.3, -0.25) is 0 Å². The van der Waals surface area contributed by atoms with Gasteiger partial charge < -0.3 is 8.37 Å². The predicted octanol–water partition coefficient (Wildman–Crippen LogP) is 10.3. The Kier molecular flexibility index (Phi) is 9.45. The molecule has 53 heavy (non-hydrogen) atoms. The first-order valence-corrected chi connectivity index (χ1v) is 20.1. The molecule has 6 aromatic carbocycles. The predicted molar refractivity (Wildman–Crippen MR) is 211 cm³/mol. The van der Waals surface area contributed by atoms with Crippen LogP contribution in [0.15, 0.2) is 155 Å². The zero-order valence-corrected chi connectivity index (χ0v) is 31.4. The molecule has 0 radical (unpaired) electrons. The highest BCUT2D eigenvalue weighted by Crippen LogP contribution is 2.60. The van der Waals surface area contributed by atoms with Gasteiger partial charge in [-0.25, -0.2) is 0 Å². The van der Waals surface area contributed by atoms with Crippen molar-refractivity contribution in [2.75, 3.05) is 0 Å². The van der Waals surface area contributed by atoms with Crippen molar-refractivity contribution in [1.82, 2.24) is 0 Å². The molecule has 0 unspecified atom stereocenters. The van der Waals surface area contributed by atoms with Gasteiger partial charge >= 0.3 is 20.2 Å². The van der Waals surface area contributed by atoms with E-state index in [9.17, 15) is 16.8 Å². The summed E-state index contributed by atoms with van der Waals surface area (Å²) in [6, 6.07) is 39.9. The molecule has 0 aliphatic heterocycles. The molecule has 0 spiro atoms. The lowest BCUT2D eigenvalue weighted by Gasteiger charge is -2.36. The molecule has 7 rings (SSSR count). The van der Waals surface area contributed by atoms with Crippen molar-refractivity contribution in [2.24, 2.45) is 0 Å². The lowest BCUT2D eigenvalue weighted by molar-refractivity contribution is 0.473. The number of aryl methyl sites for hydroxylation is 2. The summed E-state index contributed by atoms with van der Waals surface area (Å²) in [7, 11) is -8.71. The fourth-order valence-corrected chi connectivity index (χ4v) is 9.14. The number of hydrogen-bond acceptors (Lipinski definition) is 6. The lowest BCUT2D eigenvalue weighted by atomic mass is 9.66. The molecule has 0 aromatic heterocycles. The van der Waals surface area contributed by atoms with Crippen molar-refractivity contribution in [3.05, 3.63) is 190 Å². The maximum absolute atomic E-state index is 14.2. The van der Waals surface area contributed by atoms with E-state index in [0.29, 0.717) is 22.3 Å². The molecule has 1 aliphatic rings. The highest BCUT2D eigenvalue weighted by Gasteiger charge is 2.50. The Labute approximate surface area is 312 Å². The fraction of sp³-hybridized carbons (Fsp3) is 0.111. The number of benzene rings is 6. The number of para-hydroxylation sites is 2. The normalized spacial score (nSPS) is 13.6. The Morgan fingerprint density at radius 2 is 0.811 bits per heavy atom. The second kappa shape index (κ2) is 14.0. The van der Waals surface area contributed by atoms with Crippen molar-refractivity contribution in [3.8, 4) is 22.6 Å². The molecule has 6 nitrogen and oxygen atoms in total. The van der Waals surface area contributed by atoms with Gasteiger partial charge in [-0.1, -0.05) is 145 Å². The van der Waals surface area contributed by atoms with Crippen molar-refractivity contribution >= 4 is 32.4 Å². The number of allylic oxidation sites excluding steroid dienone is 2. The summed E-state index contributed by atoms with van der Waals surface area (Å²) < 4.78 is 69.3. The quantitative estimate of drug-likeness (QED) is 0.130. The minimum atomic E-state index is -4.35. The first kappa shape index (κ1) is 35.7. The van der Waals surface area contributed by atoms with Crippen LogP contribution in [0.5, 0.6) is 11.5 Å². The van der Waals surface area contributed by atoms with Gasteiger partial charge in [-0.2, -0.15) is 16.8 Å². The SMILES string of the molecule is CC=Cc1cccc(C2(c3cccc(C=CC)c3OS(=O)(=O)c3ccc(C)cc3)c3ccccc3-c3ccccc32)c1OS(=O)(=O)c1ccc(C)cc1. The minimum Gasteiger partial charge on any atom is -0.378 e. The zero-order chi connectivity index (χ0) is 37.4. The average Bonchev–Trinajstić information content (AvgIpc) is 3.44. The smallest absolute Gasteiger partial charge is 0.339 e. The van der Waals surface area contributed by atoms with Gasteiger partial charge in [-0.15, -0.1) is 0 Å². The van der Waals surface area contributed by atoms with Crippen molar-refractivity contribution in [2.45, 2.75) is 42.9 Å². The summed E-state index contributed by atoms with van der Waals surface area (Å²) >= 11 is 0. The van der Waals surface area contributed by atoms with Crippen molar-refractivity contribution in [1.29, 1.82) is 0 Å². The Bertz CT molecular complexity index is 2440. The maximum atomic E-state index is 14.2. The van der Waals surface area contributed by atoms with Crippen LogP contribution in [-0.4, -0.2) is 16.8 Å². The Hall–Kier alpha value is -5.70. The van der Waals surface area contributed by atoms with Crippen LogP contribution >= 0.6 is 0 Å². The van der Waals surface area contributed by atoms with E-state index in [2.05, 4.69) is 0 Å². The molecule has 0 saturated carbocycles. The van der Waals surface area contributed by atoms with E-state index in [1.807, 2.05) is 113 Å². The van der Waals surface area contributed by atoms with E-state index in [0.717, 1.165) is 33.4 Å². The molecule has 0 N–H and O–H groups in total. The Morgan fingerprint density at radius 1 is 0.453 bits per heavy atom. The van der Waals surface area contributed by atoms with E-state index >= 15 is 0 Å². The van der Waals surface area contributed by atoms with Crippen LogP contribution in [0, 0.1) is 13.8 Å². The molecule has 8 heteroatoms. The molecule has 0 atom stereocenters. The number of rotatable bonds is 10. The van der Waals surface area contributed by atoms with Gasteiger partial charge in [0.2, 0.25) is 0 Å². The summed E-state index contributed by atoms with van der Waals surface area (Å²) in [5.74, 6) is 0.225. The number of fused-ring (bicyclic) bond motifs is 3. The van der Waals surface area contributed by atoms with Crippen LogP contribution in [0.3, 0.4) is 0 Å². The molecule has 0 heterocycles. The average molecular weight is 739 g/mol. The summed E-state index contributed by atoms with van der Waals surface area (Å²) in [6.45, 7) is 7.47. The molecule has 266 valence electrons. The van der Waals surface area contributed by atoms with E-state index in [-0.39, 0.29) is 21.3 Å². The van der Waals surface area contributed by atoms with E-state index < -0.39 is 25.7 Å². The van der Waals surface area contributed by atoms with Crippen LogP contribution < -0.4 is 8.37 Å². The highest BCUT2D eigenvalue weighted by molar-refractivity contribution is 7.87. The van der Waals surface area contributed by atoms with Gasteiger partial charge in [0.15, 0.2) is 11.5 Å². The molecule has 1 aliphatic carbocycles. The van der Waals surface area contributed by atoms with Crippen LogP contribution in [0.1, 0.15) is 58.4 Å². The monoisotopic (exact) mass is 738 g/mol. The summed E-state index contributed by atoms with van der Waals surface area (Å²) in [5.41, 5.74) is 6.00. The topological polar surface area (TPSA) is 86.7 Å². The molecular weight excluding hydrogens is 701 g/mol. The Morgan fingerprint density at radius 3 is 1.19 bits per heavy atom. The second-order valence-corrected chi connectivity index (χ2v) is 16.1. The third-order valence-electron chi connectivity index (χ3n) is 9.55. The number of hydrogen-bond donors (Lipinski definition) is 0. The maximum Gasteiger partial charge on any atom is 0.339 e. The Balaban J connectivity index is 1.61. The standard InChI is InChI=1S/C45H38O6S2/c1-5-13-33-15-11-21-41(43(33)50-52(46,47)35-27-23-31(3)24-28-35)45(39-19-9-7-17-37(39)38-18-8-10-20-40(38)45)42-22-12-16-34(14-6-2)44(42)51-53(48,49)36-29-25-32(4)26-30-36/h5-30H,1-4H3. The summed E-state index contributed by atoms with van der Waals surface area (Å²) in [6.07, 6.45) is 7.25. The third kappa shape index (κ3) is 6.28.